The molecule has 0 saturated carbocycles. The Bertz CT molecular complexity index is 1550. The lowest BCUT2D eigenvalue weighted by Gasteiger charge is -2.17. The Morgan fingerprint density at radius 1 is 1.06 bits per heavy atom. The summed E-state index contributed by atoms with van der Waals surface area (Å²) in [6, 6.07) is 11.1. The summed E-state index contributed by atoms with van der Waals surface area (Å²) in [7, 11) is 0. The first kappa shape index (κ1) is 21.8. The van der Waals surface area contributed by atoms with Gasteiger partial charge in [-0.15, -0.1) is 0 Å². The Balaban J connectivity index is 1.44. The van der Waals surface area contributed by atoms with Crippen LogP contribution in [-0.4, -0.2) is 32.1 Å². The van der Waals surface area contributed by atoms with E-state index in [4.69, 9.17) is 4.52 Å². The fourth-order valence-corrected chi connectivity index (χ4v) is 4.43. The van der Waals surface area contributed by atoms with Gasteiger partial charge in [0.25, 0.3) is 0 Å². The van der Waals surface area contributed by atoms with Crippen LogP contribution in [0.3, 0.4) is 0 Å². The van der Waals surface area contributed by atoms with Gasteiger partial charge >= 0.3 is 11.1 Å². The van der Waals surface area contributed by atoms with Gasteiger partial charge in [0.15, 0.2) is 0 Å². The minimum Gasteiger partial charge on any atom is -0.339 e. The largest absolute Gasteiger partial charge is 0.339 e. The summed E-state index contributed by atoms with van der Waals surface area (Å²) >= 11 is 0. The van der Waals surface area contributed by atoms with Crippen LogP contribution in [-0.2, 0) is 4.79 Å². The van der Waals surface area contributed by atoms with Gasteiger partial charge in [0.2, 0.25) is 17.6 Å². The van der Waals surface area contributed by atoms with Crippen LogP contribution in [0.2, 0.25) is 0 Å². The number of fused-ring (bicyclic) bond motifs is 1. The molecule has 1 amide bonds. The van der Waals surface area contributed by atoms with Crippen LogP contribution in [0.1, 0.15) is 49.2 Å². The summed E-state index contributed by atoms with van der Waals surface area (Å²) in [6.45, 7) is 8.23. The van der Waals surface area contributed by atoms with E-state index in [1.165, 1.54) is 10.1 Å². The predicted octanol–water partition coefficient (Wildman–Crippen LogP) is 3.46. The van der Waals surface area contributed by atoms with Crippen molar-refractivity contribution in [1.82, 2.24) is 19.7 Å². The van der Waals surface area contributed by atoms with Gasteiger partial charge in [-0.1, -0.05) is 11.2 Å². The molecule has 1 fully saturated rings. The van der Waals surface area contributed by atoms with Gasteiger partial charge in [-0.2, -0.15) is 4.98 Å². The molecule has 1 aliphatic heterocycles. The zero-order chi connectivity index (χ0) is 24.1. The van der Waals surface area contributed by atoms with Crippen molar-refractivity contribution >= 4 is 22.6 Å². The Morgan fingerprint density at radius 2 is 1.85 bits per heavy atom. The number of nitrogens with zero attached hydrogens (tertiary/aromatic N) is 4. The van der Waals surface area contributed by atoms with Gasteiger partial charge in [0.1, 0.15) is 0 Å². The van der Waals surface area contributed by atoms with Crippen LogP contribution in [0.15, 0.2) is 50.5 Å². The number of hydrogen-bond donors (Lipinski definition) is 1. The molecule has 0 bridgehead atoms. The highest BCUT2D eigenvalue weighted by atomic mass is 16.5. The number of amides is 1. The zero-order valence-corrected chi connectivity index (χ0v) is 19.5. The molecular weight excluding hydrogens is 434 g/mol. The lowest BCUT2D eigenvalue weighted by molar-refractivity contribution is -0.117. The Kier molecular flexibility index (Phi) is 5.19. The molecule has 0 unspecified atom stereocenters. The van der Waals surface area contributed by atoms with Gasteiger partial charge in [0.05, 0.1) is 17.0 Å². The molecule has 34 heavy (non-hydrogen) atoms. The van der Waals surface area contributed by atoms with Crippen molar-refractivity contribution in [3.05, 3.63) is 74.1 Å². The fraction of sp³-hybridized carbons (Fsp3) is 0.320. The number of benzene rings is 2. The highest BCUT2D eigenvalue weighted by Crippen LogP contribution is 2.33. The normalized spacial score (nSPS) is 16.2. The summed E-state index contributed by atoms with van der Waals surface area (Å²) in [5.41, 5.74) is 3.69. The van der Waals surface area contributed by atoms with E-state index in [1.54, 1.807) is 23.1 Å². The average molecular weight is 460 g/mol. The number of rotatable bonds is 4. The van der Waals surface area contributed by atoms with E-state index in [2.05, 4.69) is 15.1 Å². The first-order valence-electron chi connectivity index (χ1n) is 11.2. The second-order valence-electron chi connectivity index (χ2n) is 9.09. The highest BCUT2D eigenvalue weighted by molar-refractivity contribution is 5.96. The molecule has 9 heteroatoms. The van der Waals surface area contributed by atoms with Crippen molar-refractivity contribution in [3.8, 4) is 11.4 Å². The second kappa shape index (κ2) is 8.09. The predicted molar refractivity (Wildman–Crippen MR) is 128 cm³/mol. The fourth-order valence-electron chi connectivity index (χ4n) is 4.43. The van der Waals surface area contributed by atoms with Crippen LogP contribution in [0.25, 0.3) is 22.4 Å². The van der Waals surface area contributed by atoms with Gasteiger partial charge in [-0.3, -0.25) is 19.0 Å². The molecule has 2 aromatic heterocycles. The smallest absolute Gasteiger partial charge is 0.316 e. The van der Waals surface area contributed by atoms with Gasteiger partial charge in [-0.25, -0.2) is 0 Å². The first-order valence-corrected chi connectivity index (χ1v) is 11.2. The minimum absolute atomic E-state index is 0.0166. The molecule has 2 aromatic carbocycles. The van der Waals surface area contributed by atoms with E-state index < -0.39 is 11.1 Å². The van der Waals surface area contributed by atoms with Gasteiger partial charge in [-0.05, 0) is 69.2 Å². The van der Waals surface area contributed by atoms with Crippen molar-refractivity contribution in [3.63, 3.8) is 0 Å². The molecular formula is C25H25N5O4. The number of aromatic nitrogens is 4. The van der Waals surface area contributed by atoms with E-state index in [-0.39, 0.29) is 17.9 Å². The molecule has 3 heterocycles. The van der Waals surface area contributed by atoms with Crippen molar-refractivity contribution in [2.45, 2.75) is 46.1 Å². The van der Waals surface area contributed by atoms with Crippen LogP contribution in [0, 0.1) is 13.8 Å². The summed E-state index contributed by atoms with van der Waals surface area (Å²) in [6.07, 6.45) is 0.292. The Morgan fingerprint density at radius 3 is 2.59 bits per heavy atom. The topological polar surface area (TPSA) is 114 Å². The third-order valence-electron chi connectivity index (χ3n) is 6.41. The molecule has 4 aromatic rings. The minimum atomic E-state index is -0.678. The number of carbonyl (C=O) groups is 1. The molecule has 1 saturated heterocycles. The van der Waals surface area contributed by atoms with Crippen molar-refractivity contribution in [1.29, 1.82) is 0 Å². The van der Waals surface area contributed by atoms with Crippen LogP contribution < -0.4 is 16.0 Å². The van der Waals surface area contributed by atoms with E-state index in [1.807, 2.05) is 45.9 Å². The number of aromatic amines is 1. The van der Waals surface area contributed by atoms with Crippen LogP contribution in [0.5, 0.6) is 0 Å². The molecule has 174 valence electrons. The monoisotopic (exact) mass is 459 g/mol. The number of H-pyrrole nitrogens is 1. The van der Waals surface area contributed by atoms with E-state index in [0.29, 0.717) is 41.3 Å². The Hall–Kier alpha value is -4.01. The maximum atomic E-state index is 12.7. The summed E-state index contributed by atoms with van der Waals surface area (Å²) in [5, 5.41) is 4.11. The first-order chi connectivity index (χ1) is 16.2. The third-order valence-corrected chi connectivity index (χ3v) is 6.41. The number of anilines is 1. The molecule has 1 N–H and O–H groups in total. The van der Waals surface area contributed by atoms with Gasteiger partial charge in [0, 0.05) is 30.3 Å². The molecule has 0 aliphatic carbocycles. The third kappa shape index (κ3) is 3.63. The maximum absolute atomic E-state index is 12.7. The summed E-state index contributed by atoms with van der Waals surface area (Å²) in [4.78, 5) is 46.0. The highest BCUT2D eigenvalue weighted by Gasteiger charge is 2.35. The quantitative estimate of drug-likeness (QED) is 0.468. The van der Waals surface area contributed by atoms with E-state index >= 15 is 0 Å². The number of aryl methyl sites for hydroxylation is 2. The van der Waals surface area contributed by atoms with Crippen LogP contribution in [0.4, 0.5) is 5.69 Å². The maximum Gasteiger partial charge on any atom is 0.316 e. The number of hydrogen-bond acceptors (Lipinski definition) is 6. The lowest BCUT2D eigenvalue weighted by Crippen LogP contribution is -2.37. The molecule has 1 aliphatic rings. The van der Waals surface area contributed by atoms with E-state index in [0.717, 1.165) is 11.3 Å². The Labute approximate surface area is 195 Å². The lowest BCUT2D eigenvalue weighted by atomic mass is 10.1. The number of nitrogens with one attached hydrogen (secondary N) is 1. The van der Waals surface area contributed by atoms with Crippen LogP contribution >= 0.6 is 0 Å². The molecule has 9 nitrogen and oxygen atoms in total. The average Bonchev–Trinajstić information content (AvgIpc) is 3.43. The number of carbonyl (C=O) groups excluding carboxylic acids is 1. The summed E-state index contributed by atoms with van der Waals surface area (Å²) < 4.78 is 6.99. The zero-order valence-electron chi connectivity index (χ0n) is 19.5. The van der Waals surface area contributed by atoms with E-state index in [9.17, 15) is 14.4 Å². The second-order valence-corrected chi connectivity index (χ2v) is 9.09. The van der Waals surface area contributed by atoms with Gasteiger partial charge < -0.3 is 14.4 Å². The molecule has 0 radical (unpaired) electrons. The SMILES string of the molecule is Cc1ccc(N2C[C@@H](c3nc(-c4ccc5c(c4)[nH]c(=O)c(=O)n5C(C)C)no3)CC2=O)cc1C. The molecule has 0 spiro atoms. The van der Waals surface area contributed by atoms with Crippen molar-refractivity contribution in [2.75, 3.05) is 11.4 Å². The standard InChI is InChI=1S/C25H25N5O4/c1-13(2)30-20-8-6-16(10-19(20)26-23(32)25(30)33)22-27-24(34-28-22)17-11-21(31)29(12-17)18-7-5-14(3)15(4)9-18/h5-10,13,17H,11-12H2,1-4H3,(H,26,32)/t17-/m0/s1. The van der Waals surface area contributed by atoms with Crippen molar-refractivity contribution < 1.29 is 9.32 Å². The molecule has 1 atom stereocenters. The summed E-state index contributed by atoms with van der Waals surface area (Å²) in [5.74, 6) is 0.567. The molecule has 5 rings (SSSR count). The van der Waals surface area contributed by atoms with Crippen molar-refractivity contribution in [2.24, 2.45) is 0 Å².